The zero-order valence-electron chi connectivity index (χ0n) is 19.2. The predicted octanol–water partition coefficient (Wildman–Crippen LogP) is 4.82. The van der Waals surface area contributed by atoms with Gasteiger partial charge in [-0.1, -0.05) is 43.7 Å². The molecule has 0 bridgehead atoms. The minimum Gasteiger partial charge on any atom is -0.497 e. The smallest absolute Gasteiger partial charge is 0.243 e. The van der Waals surface area contributed by atoms with Crippen molar-refractivity contribution in [3.05, 3.63) is 59.7 Å². The average molecular weight is 443 g/mol. The predicted molar refractivity (Wildman–Crippen MR) is 127 cm³/mol. The zero-order valence-corrected chi connectivity index (χ0v) is 20.0. The molecule has 0 spiro atoms. The molecule has 0 aliphatic rings. The highest BCUT2D eigenvalue weighted by Gasteiger charge is 2.29. The van der Waals surface area contributed by atoms with Crippen molar-refractivity contribution in [2.45, 2.75) is 64.1 Å². The van der Waals surface area contributed by atoms with Crippen molar-refractivity contribution in [2.24, 2.45) is 0 Å². The molecule has 0 aromatic heterocycles. The van der Waals surface area contributed by atoms with E-state index in [9.17, 15) is 9.59 Å². The van der Waals surface area contributed by atoms with Crippen molar-refractivity contribution in [3.8, 4) is 5.75 Å². The molecule has 2 atom stereocenters. The summed E-state index contributed by atoms with van der Waals surface area (Å²) in [5, 5.41) is 3.04. The third kappa shape index (κ3) is 7.62. The number of hydrogen-bond donors (Lipinski definition) is 1. The van der Waals surface area contributed by atoms with Crippen LogP contribution in [0.15, 0.2) is 53.4 Å². The Balaban J connectivity index is 2.20. The van der Waals surface area contributed by atoms with E-state index in [4.69, 9.17) is 4.74 Å². The Morgan fingerprint density at radius 3 is 2.23 bits per heavy atom. The topological polar surface area (TPSA) is 58.6 Å². The lowest BCUT2D eigenvalue weighted by Crippen LogP contribution is -2.51. The zero-order chi connectivity index (χ0) is 22.8. The van der Waals surface area contributed by atoms with Crippen molar-refractivity contribution in [1.82, 2.24) is 10.2 Å². The van der Waals surface area contributed by atoms with E-state index in [1.54, 1.807) is 12.0 Å². The maximum Gasteiger partial charge on any atom is 0.243 e. The highest BCUT2D eigenvalue weighted by atomic mass is 32.2. The van der Waals surface area contributed by atoms with Crippen LogP contribution < -0.4 is 10.1 Å². The monoisotopic (exact) mass is 442 g/mol. The van der Waals surface area contributed by atoms with Gasteiger partial charge in [-0.25, -0.2) is 0 Å². The lowest BCUT2D eigenvalue weighted by molar-refractivity contribution is -0.139. The first-order valence-electron chi connectivity index (χ1n) is 10.8. The molecule has 31 heavy (non-hydrogen) atoms. The molecule has 2 rings (SSSR count). The van der Waals surface area contributed by atoms with Crippen LogP contribution in [0.4, 0.5) is 0 Å². The van der Waals surface area contributed by atoms with Gasteiger partial charge in [0.2, 0.25) is 11.8 Å². The van der Waals surface area contributed by atoms with Crippen LogP contribution in [0.2, 0.25) is 0 Å². The molecule has 1 N–H and O–H groups in total. The van der Waals surface area contributed by atoms with Crippen molar-refractivity contribution >= 4 is 23.6 Å². The van der Waals surface area contributed by atoms with Crippen LogP contribution >= 0.6 is 11.8 Å². The van der Waals surface area contributed by atoms with Gasteiger partial charge in [0.1, 0.15) is 11.8 Å². The Hall–Kier alpha value is -2.47. The number of aryl methyl sites for hydroxylation is 1. The Morgan fingerprint density at radius 1 is 1.03 bits per heavy atom. The number of nitrogens with zero attached hydrogens (tertiary/aromatic N) is 1. The van der Waals surface area contributed by atoms with Crippen molar-refractivity contribution in [2.75, 3.05) is 12.9 Å². The van der Waals surface area contributed by atoms with E-state index in [1.165, 1.54) is 17.3 Å². The quantitative estimate of drug-likeness (QED) is 0.507. The SMILES string of the molecule is CC[C@H](C(=O)N[C@@H](C)CC)N(Cc1ccc(OC)cc1)C(=O)CSc1ccc(C)cc1. The fourth-order valence-corrected chi connectivity index (χ4v) is 3.94. The molecule has 0 fully saturated rings. The molecule has 0 unspecified atom stereocenters. The van der Waals surface area contributed by atoms with Gasteiger partial charge in [0.05, 0.1) is 12.9 Å². The number of ether oxygens (including phenoxy) is 1. The minimum absolute atomic E-state index is 0.0486. The summed E-state index contributed by atoms with van der Waals surface area (Å²) in [4.78, 5) is 29.0. The maximum absolute atomic E-state index is 13.3. The molecule has 2 amide bonds. The number of amides is 2. The first-order valence-corrected chi connectivity index (χ1v) is 11.8. The van der Waals surface area contributed by atoms with Crippen LogP contribution in [-0.4, -0.2) is 41.7 Å². The fourth-order valence-electron chi connectivity index (χ4n) is 3.15. The number of methoxy groups -OCH3 is 1. The van der Waals surface area contributed by atoms with Crippen LogP contribution in [0.5, 0.6) is 5.75 Å². The Bertz CT molecular complexity index is 837. The van der Waals surface area contributed by atoms with Gasteiger partial charge in [-0.05, 0) is 56.5 Å². The number of hydrogen-bond acceptors (Lipinski definition) is 4. The summed E-state index contributed by atoms with van der Waals surface area (Å²) in [7, 11) is 1.62. The summed E-state index contributed by atoms with van der Waals surface area (Å²) in [5.74, 6) is 0.900. The lowest BCUT2D eigenvalue weighted by Gasteiger charge is -2.31. The van der Waals surface area contributed by atoms with Gasteiger partial charge < -0.3 is 15.0 Å². The summed E-state index contributed by atoms with van der Waals surface area (Å²) in [5.41, 5.74) is 2.15. The van der Waals surface area contributed by atoms with E-state index in [0.29, 0.717) is 13.0 Å². The molecule has 0 saturated heterocycles. The van der Waals surface area contributed by atoms with E-state index >= 15 is 0 Å². The molecule has 2 aromatic carbocycles. The molecule has 0 radical (unpaired) electrons. The highest BCUT2D eigenvalue weighted by molar-refractivity contribution is 8.00. The van der Waals surface area contributed by atoms with E-state index in [0.717, 1.165) is 22.6 Å². The third-order valence-electron chi connectivity index (χ3n) is 5.28. The van der Waals surface area contributed by atoms with E-state index < -0.39 is 6.04 Å². The molecule has 0 saturated carbocycles. The van der Waals surface area contributed by atoms with Crippen molar-refractivity contribution in [1.29, 1.82) is 0 Å². The van der Waals surface area contributed by atoms with Gasteiger partial charge in [-0.15, -0.1) is 11.8 Å². The third-order valence-corrected chi connectivity index (χ3v) is 6.28. The molecule has 168 valence electrons. The summed E-state index contributed by atoms with van der Waals surface area (Å²) >= 11 is 1.50. The number of thioether (sulfide) groups is 1. The highest BCUT2D eigenvalue weighted by Crippen LogP contribution is 2.22. The second-order valence-electron chi connectivity index (χ2n) is 7.71. The molecule has 2 aromatic rings. The fraction of sp³-hybridized carbons (Fsp3) is 0.440. The van der Waals surface area contributed by atoms with Gasteiger partial charge >= 0.3 is 0 Å². The van der Waals surface area contributed by atoms with Gasteiger partial charge in [-0.3, -0.25) is 9.59 Å². The Kier molecular flexibility index (Phi) is 9.92. The normalized spacial score (nSPS) is 12.7. The summed E-state index contributed by atoms with van der Waals surface area (Å²) in [6, 6.07) is 15.3. The van der Waals surface area contributed by atoms with Crippen LogP contribution in [-0.2, 0) is 16.1 Å². The molecule has 6 heteroatoms. The molecule has 0 heterocycles. The van der Waals surface area contributed by atoms with Crippen LogP contribution in [0.3, 0.4) is 0 Å². The number of rotatable bonds is 11. The summed E-state index contributed by atoms with van der Waals surface area (Å²) in [6.07, 6.45) is 1.40. The second-order valence-corrected chi connectivity index (χ2v) is 8.76. The minimum atomic E-state index is -0.512. The molecule has 5 nitrogen and oxygen atoms in total. The average Bonchev–Trinajstić information content (AvgIpc) is 2.78. The number of benzene rings is 2. The summed E-state index contributed by atoms with van der Waals surface area (Å²) in [6.45, 7) is 8.38. The number of nitrogens with one attached hydrogen (secondary N) is 1. The van der Waals surface area contributed by atoms with Crippen LogP contribution in [0.1, 0.15) is 44.7 Å². The van der Waals surface area contributed by atoms with E-state index in [1.807, 2.05) is 76.2 Å². The van der Waals surface area contributed by atoms with Gasteiger partial charge in [0, 0.05) is 17.5 Å². The molecular weight excluding hydrogens is 408 g/mol. The van der Waals surface area contributed by atoms with Crippen molar-refractivity contribution < 1.29 is 14.3 Å². The second kappa shape index (κ2) is 12.4. The van der Waals surface area contributed by atoms with Crippen LogP contribution in [0, 0.1) is 6.92 Å². The first kappa shape index (κ1) is 24.8. The lowest BCUT2D eigenvalue weighted by atomic mass is 10.1. The molecular formula is C25H34N2O3S. The molecule has 0 aliphatic carbocycles. The van der Waals surface area contributed by atoms with Crippen molar-refractivity contribution in [3.63, 3.8) is 0 Å². The maximum atomic E-state index is 13.3. The molecule has 0 aliphatic heterocycles. The van der Waals surface area contributed by atoms with E-state index in [2.05, 4.69) is 5.32 Å². The summed E-state index contributed by atoms with van der Waals surface area (Å²) < 4.78 is 5.23. The van der Waals surface area contributed by atoms with Gasteiger partial charge in [-0.2, -0.15) is 0 Å². The number of carbonyl (C=O) groups is 2. The van der Waals surface area contributed by atoms with Crippen LogP contribution in [0.25, 0.3) is 0 Å². The standard InChI is InChI=1S/C25H34N2O3S/c1-6-19(4)26-25(29)23(7-2)27(16-20-10-12-21(30-5)13-11-20)24(28)17-31-22-14-8-18(3)9-15-22/h8-15,19,23H,6-7,16-17H2,1-5H3,(H,26,29)/t19-,23+/m0/s1. The van der Waals surface area contributed by atoms with Gasteiger partial charge in [0.25, 0.3) is 0 Å². The van der Waals surface area contributed by atoms with E-state index in [-0.39, 0.29) is 23.6 Å². The first-order chi connectivity index (χ1) is 14.9. The Labute approximate surface area is 190 Å². The Morgan fingerprint density at radius 2 is 1.68 bits per heavy atom. The number of carbonyl (C=O) groups excluding carboxylic acids is 2. The largest absolute Gasteiger partial charge is 0.497 e. The van der Waals surface area contributed by atoms with Gasteiger partial charge in [0.15, 0.2) is 0 Å².